The first-order chi connectivity index (χ1) is 19.5. The quantitative estimate of drug-likeness (QED) is 0.620. The van der Waals surface area contributed by atoms with E-state index in [0.717, 1.165) is 4.68 Å². The molecule has 1 saturated heterocycles. The Labute approximate surface area is 207 Å². The van der Waals surface area contributed by atoms with E-state index in [1.165, 1.54) is 43.5 Å². The van der Waals surface area contributed by atoms with Gasteiger partial charge < -0.3 is 20.3 Å². The number of carbonyl (C=O) groups is 3. The van der Waals surface area contributed by atoms with E-state index in [1.54, 1.807) is 12.1 Å². The summed E-state index contributed by atoms with van der Waals surface area (Å²) in [5.74, 6) is -2.82. The fourth-order valence-electron chi connectivity index (χ4n) is 3.71. The predicted molar refractivity (Wildman–Crippen MR) is 127 cm³/mol. The molecule has 0 spiro atoms. The second-order valence-corrected chi connectivity index (χ2v) is 7.42. The Morgan fingerprint density at radius 1 is 0.941 bits per heavy atom. The van der Waals surface area contributed by atoms with Gasteiger partial charge in [0, 0.05) is 44.5 Å². The molecular formula is C25H25N5O4. The van der Waals surface area contributed by atoms with Crippen LogP contribution in [0.4, 0.5) is 11.4 Å². The number of piperidine rings is 1. The Kier molecular flexibility index (Phi) is 3.62. The zero-order valence-corrected chi connectivity index (χ0v) is 18.0. The van der Waals surface area contributed by atoms with Crippen LogP contribution in [0.5, 0.6) is 5.75 Å². The minimum absolute atomic E-state index is 0.0367. The second kappa shape index (κ2) is 8.66. The standard InChI is InChI=1S/C25H25N5O4/c1-34-19-11-9-18(10-12-19)30-23-20(22(27-30)24(26)32)13-15-29(25(23)33)17-7-5-16(6-8-17)28-14-3-2-4-21(28)31/h5-12H,2-4,13-15H2,1H3,(H2,26,32)/i4D2,13D2,14D2,15D2. The molecule has 3 aromatic rings. The third kappa shape index (κ3) is 3.68. The molecule has 1 fully saturated rings. The maximum atomic E-state index is 14.0. The van der Waals surface area contributed by atoms with E-state index in [2.05, 4.69) is 5.10 Å². The lowest BCUT2D eigenvalue weighted by Crippen LogP contribution is -2.39. The minimum atomic E-state index is -3.08. The molecule has 2 aliphatic rings. The summed E-state index contributed by atoms with van der Waals surface area (Å²) in [6.45, 7) is -5.29. The van der Waals surface area contributed by atoms with Crippen LogP contribution in [0.3, 0.4) is 0 Å². The van der Waals surface area contributed by atoms with Crippen LogP contribution in [-0.2, 0) is 11.2 Å². The molecule has 1 aromatic heterocycles. The highest BCUT2D eigenvalue weighted by molar-refractivity contribution is 6.09. The molecule has 5 rings (SSSR count). The monoisotopic (exact) mass is 467 g/mol. The van der Waals surface area contributed by atoms with Crippen molar-refractivity contribution in [1.29, 1.82) is 0 Å². The number of amides is 3. The Morgan fingerprint density at radius 3 is 2.24 bits per heavy atom. The number of fused-ring (bicyclic) bond motifs is 1. The highest BCUT2D eigenvalue weighted by atomic mass is 16.5. The van der Waals surface area contributed by atoms with E-state index in [1.807, 2.05) is 0 Å². The van der Waals surface area contributed by atoms with Gasteiger partial charge in [0.05, 0.1) is 15.5 Å². The molecular weight excluding hydrogens is 434 g/mol. The van der Waals surface area contributed by atoms with Gasteiger partial charge in [0.15, 0.2) is 5.69 Å². The van der Waals surface area contributed by atoms with E-state index >= 15 is 0 Å². The van der Waals surface area contributed by atoms with Crippen LogP contribution in [0.2, 0.25) is 0 Å². The fraction of sp³-hybridized carbons (Fsp3) is 0.280. The van der Waals surface area contributed by atoms with Crippen LogP contribution in [-0.4, -0.2) is 47.6 Å². The summed E-state index contributed by atoms with van der Waals surface area (Å²) in [4.78, 5) is 40.3. The highest BCUT2D eigenvalue weighted by Gasteiger charge is 2.34. The smallest absolute Gasteiger partial charge is 0.277 e. The van der Waals surface area contributed by atoms with Crippen molar-refractivity contribution in [2.24, 2.45) is 5.73 Å². The Hall–Kier alpha value is -4.14. The predicted octanol–water partition coefficient (Wildman–Crippen LogP) is 2.70. The summed E-state index contributed by atoms with van der Waals surface area (Å²) < 4.78 is 73.5. The van der Waals surface area contributed by atoms with Crippen LogP contribution < -0.4 is 20.3 Å². The van der Waals surface area contributed by atoms with Crippen molar-refractivity contribution in [3.05, 3.63) is 65.5 Å². The molecule has 0 bridgehead atoms. The van der Waals surface area contributed by atoms with Gasteiger partial charge in [0.2, 0.25) is 5.91 Å². The number of methoxy groups -OCH3 is 1. The SMILES string of the molecule is [2H]C1([2H])CCC([2H])([2H])N(c2ccc(N3C(=O)c4c(c(C(N)=O)nn4-c4ccc(OC)cc4)C([2H])([2H])C3([2H])[2H])cc2)C1=O. The number of anilines is 2. The molecule has 0 aliphatic carbocycles. The number of nitrogens with zero attached hydrogens (tertiary/aromatic N) is 4. The van der Waals surface area contributed by atoms with E-state index in [-0.39, 0.29) is 29.9 Å². The number of primary amides is 1. The number of rotatable bonds is 5. The number of ether oxygens (including phenoxy) is 1. The number of aromatic nitrogens is 2. The van der Waals surface area contributed by atoms with E-state index in [0.29, 0.717) is 15.5 Å². The minimum Gasteiger partial charge on any atom is -0.497 e. The van der Waals surface area contributed by atoms with Crippen molar-refractivity contribution in [2.45, 2.75) is 25.6 Å². The molecule has 0 atom stereocenters. The van der Waals surface area contributed by atoms with Crippen molar-refractivity contribution in [3.63, 3.8) is 0 Å². The van der Waals surface area contributed by atoms with Crippen molar-refractivity contribution in [1.82, 2.24) is 9.78 Å². The number of hydrogen-bond donors (Lipinski definition) is 1. The number of carbonyl (C=O) groups excluding carboxylic acids is 3. The molecule has 2 aliphatic heterocycles. The summed E-state index contributed by atoms with van der Waals surface area (Å²) in [6, 6.07) is 10.9. The number of nitrogens with two attached hydrogens (primary N) is 1. The van der Waals surface area contributed by atoms with Crippen LogP contribution in [0.1, 0.15) is 56.7 Å². The van der Waals surface area contributed by atoms with Crippen LogP contribution in [0, 0.1) is 0 Å². The van der Waals surface area contributed by atoms with Gasteiger partial charge in [0.1, 0.15) is 11.4 Å². The summed E-state index contributed by atoms with van der Waals surface area (Å²) in [5, 5.41) is 4.10. The molecule has 0 unspecified atom stereocenters. The van der Waals surface area contributed by atoms with Crippen molar-refractivity contribution in [3.8, 4) is 11.4 Å². The van der Waals surface area contributed by atoms with Crippen molar-refractivity contribution in [2.75, 3.05) is 29.9 Å². The van der Waals surface area contributed by atoms with Crippen molar-refractivity contribution < 1.29 is 30.1 Å². The summed E-state index contributed by atoms with van der Waals surface area (Å²) in [5.41, 5.74) is 3.87. The highest BCUT2D eigenvalue weighted by Crippen LogP contribution is 2.31. The molecule has 174 valence electrons. The van der Waals surface area contributed by atoms with Crippen molar-refractivity contribution >= 4 is 29.1 Å². The van der Waals surface area contributed by atoms with Gasteiger partial charge in [0.25, 0.3) is 11.8 Å². The topological polar surface area (TPSA) is 111 Å². The zero-order valence-electron chi connectivity index (χ0n) is 26.0. The molecule has 0 radical (unpaired) electrons. The number of hydrogen-bond acceptors (Lipinski definition) is 5. The normalized spacial score (nSPS) is 25.3. The third-order valence-electron chi connectivity index (χ3n) is 5.37. The maximum Gasteiger partial charge on any atom is 0.277 e. The largest absolute Gasteiger partial charge is 0.497 e. The lowest BCUT2D eigenvalue weighted by Gasteiger charge is -2.29. The zero-order chi connectivity index (χ0) is 31.0. The van der Waals surface area contributed by atoms with Gasteiger partial charge >= 0.3 is 0 Å². The van der Waals surface area contributed by atoms with E-state index < -0.39 is 60.4 Å². The average molecular weight is 468 g/mol. The summed E-state index contributed by atoms with van der Waals surface area (Å²) in [6.07, 6.45) is -5.86. The first-order valence-corrected chi connectivity index (χ1v) is 10.3. The van der Waals surface area contributed by atoms with Gasteiger partial charge in [-0.05, 0) is 67.7 Å². The Bertz CT molecular complexity index is 1610. The van der Waals surface area contributed by atoms with Crippen LogP contribution in [0.15, 0.2) is 48.5 Å². The third-order valence-corrected chi connectivity index (χ3v) is 5.37. The van der Waals surface area contributed by atoms with Crippen LogP contribution in [0.25, 0.3) is 5.69 Å². The molecule has 2 aromatic carbocycles. The fourth-order valence-corrected chi connectivity index (χ4v) is 3.71. The van der Waals surface area contributed by atoms with E-state index in [4.69, 9.17) is 21.4 Å². The molecule has 9 nitrogen and oxygen atoms in total. The van der Waals surface area contributed by atoms with Gasteiger partial charge in [-0.25, -0.2) is 4.68 Å². The first kappa shape index (κ1) is 14.2. The molecule has 0 saturated carbocycles. The summed E-state index contributed by atoms with van der Waals surface area (Å²) in [7, 11) is 1.45. The van der Waals surface area contributed by atoms with E-state index in [9.17, 15) is 14.4 Å². The molecule has 3 heterocycles. The second-order valence-electron chi connectivity index (χ2n) is 7.42. The maximum absolute atomic E-state index is 14.0. The lowest BCUT2D eigenvalue weighted by molar-refractivity contribution is -0.119. The molecule has 9 heteroatoms. The Morgan fingerprint density at radius 2 is 1.59 bits per heavy atom. The molecule has 3 amide bonds. The average Bonchev–Trinajstić information content (AvgIpc) is 3.34. The van der Waals surface area contributed by atoms with Gasteiger partial charge in [-0.1, -0.05) is 0 Å². The molecule has 34 heavy (non-hydrogen) atoms. The van der Waals surface area contributed by atoms with Crippen LogP contribution >= 0.6 is 0 Å². The Balaban J connectivity index is 1.64. The molecule has 2 N–H and O–H groups in total. The van der Waals surface area contributed by atoms with Gasteiger partial charge in [-0.2, -0.15) is 5.10 Å². The summed E-state index contributed by atoms with van der Waals surface area (Å²) >= 11 is 0. The van der Waals surface area contributed by atoms with Gasteiger partial charge in [-0.15, -0.1) is 0 Å². The lowest BCUT2D eigenvalue weighted by atomic mass is 10.0. The number of benzene rings is 2. The first-order valence-electron chi connectivity index (χ1n) is 14.3. The van der Waals surface area contributed by atoms with Gasteiger partial charge in [-0.3, -0.25) is 14.4 Å².